The van der Waals surface area contributed by atoms with Crippen LogP contribution in [-0.4, -0.2) is 47.8 Å². The largest absolute Gasteiger partial charge is 0.390 e. The molecular formula is C17H34N2O. The highest BCUT2D eigenvalue weighted by Crippen LogP contribution is 2.40. The van der Waals surface area contributed by atoms with Crippen LogP contribution in [0.15, 0.2) is 0 Å². The standard InChI is InChI=1S/C17H34N2O/c1-14(2)18-12-16(3,4)13-19-10-9-17(20)8-6-5-7-15(17)11-19/h14-15,18,20H,5-13H2,1-4H3. The van der Waals surface area contributed by atoms with Crippen molar-refractivity contribution in [2.24, 2.45) is 11.3 Å². The second-order valence-corrected chi connectivity index (χ2v) is 8.23. The van der Waals surface area contributed by atoms with E-state index in [9.17, 15) is 5.11 Å². The number of hydrogen-bond acceptors (Lipinski definition) is 3. The van der Waals surface area contributed by atoms with E-state index in [-0.39, 0.29) is 5.60 Å². The Balaban J connectivity index is 1.85. The third-order valence-corrected chi connectivity index (χ3v) is 5.15. The molecule has 0 aromatic carbocycles. The van der Waals surface area contributed by atoms with Gasteiger partial charge in [0.15, 0.2) is 0 Å². The first kappa shape index (κ1) is 16.3. The highest BCUT2D eigenvalue weighted by atomic mass is 16.3. The minimum atomic E-state index is -0.338. The number of piperidine rings is 1. The molecule has 1 aliphatic carbocycles. The van der Waals surface area contributed by atoms with Crippen molar-refractivity contribution in [3.63, 3.8) is 0 Å². The van der Waals surface area contributed by atoms with Crippen LogP contribution in [0, 0.1) is 11.3 Å². The average molecular weight is 282 g/mol. The number of fused-ring (bicyclic) bond motifs is 1. The molecule has 0 spiro atoms. The molecule has 3 heteroatoms. The Morgan fingerprint density at radius 1 is 1.30 bits per heavy atom. The molecule has 1 saturated carbocycles. The molecule has 1 aliphatic heterocycles. The molecule has 2 rings (SSSR count). The van der Waals surface area contributed by atoms with Gasteiger partial charge in [-0.1, -0.05) is 40.5 Å². The zero-order chi connectivity index (χ0) is 14.8. The molecule has 2 fully saturated rings. The summed E-state index contributed by atoms with van der Waals surface area (Å²) in [6, 6.07) is 0.555. The molecule has 2 unspecified atom stereocenters. The van der Waals surface area contributed by atoms with Crippen molar-refractivity contribution in [2.45, 2.75) is 71.4 Å². The van der Waals surface area contributed by atoms with Crippen molar-refractivity contribution in [1.29, 1.82) is 0 Å². The molecule has 118 valence electrons. The van der Waals surface area contributed by atoms with Crippen LogP contribution in [0.1, 0.15) is 59.8 Å². The van der Waals surface area contributed by atoms with Gasteiger partial charge in [0.1, 0.15) is 0 Å². The number of aliphatic hydroxyl groups is 1. The lowest BCUT2D eigenvalue weighted by Crippen LogP contribution is -2.55. The Hall–Kier alpha value is -0.120. The molecule has 0 amide bonds. The quantitative estimate of drug-likeness (QED) is 0.814. The van der Waals surface area contributed by atoms with Gasteiger partial charge in [0.25, 0.3) is 0 Å². The van der Waals surface area contributed by atoms with E-state index in [1.54, 1.807) is 0 Å². The number of nitrogens with one attached hydrogen (secondary N) is 1. The normalized spacial score (nSPS) is 32.4. The van der Waals surface area contributed by atoms with Gasteiger partial charge in [0.05, 0.1) is 5.60 Å². The van der Waals surface area contributed by atoms with E-state index in [4.69, 9.17) is 0 Å². The summed E-state index contributed by atoms with van der Waals surface area (Å²) in [5.74, 6) is 0.513. The van der Waals surface area contributed by atoms with Gasteiger partial charge in [0.2, 0.25) is 0 Å². The van der Waals surface area contributed by atoms with Crippen molar-refractivity contribution >= 4 is 0 Å². The number of rotatable bonds is 5. The first-order valence-corrected chi connectivity index (χ1v) is 8.49. The highest BCUT2D eigenvalue weighted by molar-refractivity contribution is 4.96. The van der Waals surface area contributed by atoms with Gasteiger partial charge in [0, 0.05) is 38.1 Å². The summed E-state index contributed by atoms with van der Waals surface area (Å²) in [4.78, 5) is 2.59. The van der Waals surface area contributed by atoms with Crippen LogP contribution in [0.25, 0.3) is 0 Å². The average Bonchev–Trinajstić information content (AvgIpc) is 2.36. The fourth-order valence-electron chi connectivity index (χ4n) is 3.92. The van der Waals surface area contributed by atoms with Crippen molar-refractivity contribution in [2.75, 3.05) is 26.2 Å². The van der Waals surface area contributed by atoms with Gasteiger partial charge in [-0.05, 0) is 24.7 Å². The lowest BCUT2D eigenvalue weighted by Gasteiger charge is -2.49. The third-order valence-electron chi connectivity index (χ3n) is 5.15. The van der Waals surface area contributed by atoms with E-state index in [0.29, 0.717) is 17.4 Å². The van der Waals surface area contributed by atoms with Crippen molar-refractivity contribution in [3.8, 4) is 0 Å². The maximum Gasteiger partial charge on any atom is 0.0700 e. The molecule has 3 nitrogen and oxygen atoms in total. The SMILES string of the molecule is CC(C)NCC(C)(C)CN1CCC2(O)CCCCC2C1. The Morgan fingerprint density at radius 3 is 2.75 bits per heavy atom. The lowest BCUT2D eigenvalue weighted by atomic mass is 9.71. The molecule has 0 bridgehead atoms. The smallest absolute Gasteiger partial charge is 0.0700 e. The lowest BCUT2D eigenvalue weighted by molar-refractivity contribution is -0.0995. The van der Waals surface area contributed by atoms with Crippen molar-refractivity contribution < 1.29 is 5.11 Å². The highest BCUT2D eigenvalue weighted by Gasteiger charge is 2.43. The summed E-state index contributed by atoms with van der Waals surface area (Å²) in [6.07, 6.45) is 5.75. The van der Waals surface area contributed by atoms with Gasteiger partial charge < -0.3 is 15.3 Å². The predicted octanol–water partition coefficient (Wildman–Crippen LogP) is 2.64. The summed E-state index contributed by atoms with van der Waals surface area (Å²) in [5, 5.41) is 14.3. The fourth-order valence-corrected chi connectivity index (χ4v) is 3.92. The molecule has 1 saturated heterocycles. The molecule has 2 N–H and O–H groups in total. The minimum Gasteiger partial charge on any atom is -0.390 e. The molecule has 1 heterocycles. The van der Waals surface area contributed by atoms with Crippen LogP contribution >= 0.6 is 0 Å². The predicted molar refractivity (Wildman–Crippen MR) is 84.9 cm³/mol. The summed E-state index contributed by atoms with van der Waals surface area (Å²) in [7, 11) is 0. The van der Waals surface area contributed by atoms with Crippen molar-refractivity contribution in [1.82, 2.24) is 10.2 Å². The van der Waals surface area contributed by atoms with E-state index in [1.807, 2.05) is 0 Å². The topological polar surface area (TPSA) is 35.5 Å². The molecule has 0 aromatic rings. The monoisotopic (exact) mass is 282 g/mol. The summed E-state index contributed by atoms with van der Waals surface area (Å²) < 4.78 is 0. The Labute approximate surface area is 125 Å². The zero-order valence-electron chi connectivity index (χ0n) is 13.9. The van der Waals surface area contributed by atoms with E-state index in [2.05, 4.69) is 37.9 Å². The number of likely N-dealkylation sites (tertiary alicyclic amines) is 1. The van der Waals surface area contributed by atoms with E-state index >= 15 is 0 Å². The molecule has 0 aromatic heterocycles. The minimum absolute atomic E-state index is 0.300. The van der Waals surface area contributed by atoms with Crippen LogP contribution < -0.4 is 5.32 Å². The van der Waals surface area contributed by atoms with Gasteiger partial charge >= 0.3 is 0 Å². The van der Waals surface area contributed by atoms with Crippen LogP contribution in [-0.2, 0) is 0 Å². The van der Waals surface area contributed by atoms with Crippen LogP contribution in [0.2, 0.25) is 0 Å². The maximum atomic E-state index is 10.7. The van der Waals surface area contributed by atoms with Gasteiger partial charge in [-0.2, -0.15) is 0 Å². The van der Waals surface area contributed by atoms with Gasteiger partial charge in [-0.15, -0.1) is 0 Å². The van der Waals surface area contributed by atoms with Crippen LogP contribution in [0.3, 0.4) is 0 Å². The maximum absolute atomic E-state index is 10.7. The molecular weight excluding hydrogens is 248 g/mol. The Kier molecular flexibility index (Phi) is 5.14. The first-order valence-electron chi connectivity index (χ1n) is 8.49. The molecule has 2 aliphatic rings. The summed E-state index contributed by atoms with van der Waals surface area (Å²) in [5.41, 5.74) is -0.0382. The third kappa shape index (κ3) is 4.19. The molecule has 2 atom stereocenters. The summed E-state index contributed by atoms with van der Waals surface area (Å²) in [6.45, 7) is 13.5. The Morgan fingerprint density at radius 2 is 2.05 bits per heavy atom. The van der Waals surface area contributed by atoms with Crippen LogP contribution in [0.4, 0.5) is 0 Å². The number of hydrogen-bond donors (Lipinski definition) is 2. The fraction of sp³-hybridized carbons (Fsp3) is 1.00. The Bertz CT molecular complexity index is 316. The van der Waals surface area contributed by atoms with E-state index < -0.39 is 0 Å². The molecule has 20 heavy (non-hydrogen) atoms. The second-order valence-electron chi connectivity index (χ2n) is 8.23. The van der Waals surface area contributed by atoms with Crippen molar-refractivity contribution in [3.05, 3.63) is 0 Å². The van der Waals surface area contributed by atoms with E-state index in [0.717, 1.165) is 39.0 Å². The molecule has 0 radical (unpaired) electrons. The first-order chi connectivity index (χ1) is 9.31. The van der Waals surface area contributed by atoms with Gasteiger partial charge in [-0.3, -0.25) is 0 Å². The number of nitrogens with zero attached hydrogens (tertiary/aromatic N) is 1. The summed E-state index contributed by atoms with van der Waals surface area (Å²) >= 11 is 0. The van der Waals surface area contributed by atoms with Gasteiger partial charge in [-0.25, -0.2) is 0 Å². The van der Waals surface area contributed by atoms with E-state index in [1.165, 1.54) is 19.3 Å². The second kappa shape index (κ2) is 6.33. The zero-order valence-corrected chi connectivity index (χ0v) is 13.9. The van der Waals surface area contributed by atoms with Crippen LogP contribution in [0.5, 0.6) is 0 Å².